The van der Waals surface area contributed by atoms with Crippen molar-refractivity contribution in [3.05, 3.63) is 70.7 Å². The predicted octanol–water partition coefficient (Wildman–Crippen LogP) is 4.44. The first-order valence-electron chi connectivity index (χ1n) is 9.63. The molecule has 0 spiro atoms. The lowest BCUT2D eigenvalue weighted by atomic mass is 10.2. The maximum Gasteiger partial charge on any atom is 0.256 e. The Hall–Kier alpha value is -2.35. The molecule has 0 bridgehead atoms. The van der Waals surface area contributed by atoms with Gasteiger partial charge in [-0.3, -0.25) is 4.79 Å². The summed E-state index contributed by atoms with van der Waals surface area (Å²) in [5.41, 5.74) is 5.58. The summed E-state index contributed by atoms with van der Waals surface area (Å²) < 4.78 is 0. The van der Waals surface area contributed by atoms with Crippen LogP contribution in [0.2, 0.25) is 0 Å². The highest BCUT2D eigenvalue weighted by Gasteiger charge is 2.15. The zero-order valence-electron chi connectivity index (χ0n) is 16.4. The molecule has 1 aliphatic rings. The lowest BCUT2D eigenvalue weighted by Crippen LogP contribution is -2.44. The molecule has 1 amide bonds. The minimum absolute atomic E-state index is 0.0845. The van der Waals surface area contributed by atoms with Gasteiger partial charge in [-0.2, -0.15) is 0 Å². The first-order valence-corrected chi connectivity index (χ1v) is 11.6. The summed E-state index contributed by atoms with van der Waals surface area (Å²) in [5, 5.41) is 5.08. The lowest BCUT2D eigenvalue weighted by molar-refractivity contribution is 0.102. The molecule has 1 N–H and O–H groups in total. The number of rotatable bonds is 6. The average Bonchev–Trinajstić information content (AvgIpc) is 3.27. The molecule has 0 unspecified atom stereocenters. The van der Waals surface area contributed by atoms with Crippen LogP contribution < -0.4 is 10.2 Å². The van der Waals surface area contributed by atoms with E-state index in [2.05, 4.69) is 39.3 Å². The number of thiazole rings is 1. The molecule has 3 aromatic rings. The van der Waals surface area contributed by atoms with Crippen LogP contribution >= 0.6 is 23.1 Å². The van der Waals surface area contributed by atoms with E-state index in [0.29, 0.717) is 5.56 Å². The third-order valence-electron chi connectivity index (χ3n) is 4.98. The largest absolute Gasteiger partial charge is 0.369 e. The van der Waals surface area contributed by atoms with Crippen LogP contribution in [0.3, 0.4) is 0 Å². The second-order valence-electron chi connectivity index (χ2n) is 7.06. The highest BCUT2D eigenvalue weighted by Crippen LogP contribution is 2.27. The van der Waals surface area contributed by atoms with Crippen molar-refractivity contribution in [1.29, 1.82) is 0 Å². The molecule has 0 radical (unpaired) electrons. The molecule has 150 valence electrons. The molecule has 2 aromatic carbocycles. The van der Waals surface area contributed by atoms with Crippen LogP contribution in [0.4, 0.5) is 11.4 Å². The smallest absolute Gasteiger partial charge is 0.256 e. The summed E-state index contributed by atoms with van der Waals surface area (Å²) in [5.74, 6) is 0.673. The SMILES string of the molecule is CN1CCN(c2ccc(NC(=O)c3ccccc3SCc3cscn3)cc2)CC1. The summed E-state index contributed by atoms with van der Waals surface area (Å²) in [6.07, 6.45) is 0. The molecular weight excluding hydrogens is 400 g/mol. The summed E-state index contributed by atoms with van der Waals surface area (Å²) in [4.78, 5) is 22.9. The van der Waals surface area contributed by atoms with E-state index in [1.165, 1.54) is 5.69 Å². The second-order valence-corrected chi connectivity index (χ2v) is 8.79. The van der Waals surface area contributed by atoms with E-state index in [0.717, 1.165) is 48.2 Å². The molecule has 1 aliphatic heterocycles. The van der Waals surface area contributed by atoms with Crippen molar-refractivity contribution in [2.45, 2.75) is 10.6 Å². The number of anilines is 2. The van der Waals surface area contributed by atoms with Crippen molar-refractivity contribution in [2.24, 2.45) is 0 Å². The second kappa shape index (κ2) is 9.43. The molecule has 1 fully saturated rings. The standard InChI is InChI=1S/C22H24N4OS2/c1-25-10-12-26(13-11-25)19-8-6-17(7-9-19)24-22(27)20-4-2-3-5-21(20)29-15-18-14-28-16-23-18/h2-9,14,16H,10-13,15H2,1H3,(H,24,27). The Kier molecular flexibility index (Phi) is 6.49. The van der Waals surface area contributed by atoms with E-state index in [9.17, 15) is 4.79 Å². The van der Waals surface area contributed by atoms with Crippen LogP contribution in [0.25, 0.3) is 0 Å². The number of benzene rings is 2. The number of nitrogens with zero attached hydrogens (tertiary/aromatic N) is 3. The van der Waals surface area contributed by atoms with Gasteiger partial charge in [-0.25, -0.2) is 4.98 Å². The highest BCUT2D eigenvalue weighted by molar-refractivity contribution is 7.98. The Balaban J connectivity index is 1.40. The van der Waals surface area contributed by atoms with Gasteiger partial charge in [-0.05, 0) is 43.4 Å². The molecule has 7 heteroatoms. The average molecular weight is 425 g/mol. The number of nitrogens with one attached hydrogen (secondary N) is 1. The van der Waals surface area contributed by atoms with Crippen LogP contribution in [0, 0.1) is 0 Å². The normalized spacial score (nSPS) is 14.7. The van der Waals surface area contributed by atoms with Gasteiger partial charge in [0, 0.05) is 53.6 Å². The number of hydrogen-bond acceptors (Lipinski definition) is 6. The van der Waals surface area contributed by atoms with Crippen molar-refractivity contribution >= 4 is 40.4 Å². The first-order chi connectivity index (χ1) is 14.2. The number of amides is 1. The van der Waals surface area contributed by atoms with E-state index in [4.69, 9.17) is 0 Å². The van der Waals surface area contributed by atoms with Gasteiger partial charge in [0.05, 0.1) is 16.8 Å². The summed E-state index contributed by atoms with van der Waals surface area (Å²) in [6.45, 7) is 4.22. The number of aromatic nitrogens is 1. The van der Waals surface area contributed by atoms with Crippen molar-refractivity contribution in [1.82, 2.24) is 9.88 Å². The monoisotopic (exact) mass is 424 g/mol. The maximum atomic E-state index is 12.9. The third kappa shape index (κ3) is 5.18. The molecule has 0 saturated carbocycles. The van der Waals surface area contributed by atoms with Gasteiger partial charge in [0.25, 0.3) is 5.91 Å². The molecule has 5 nitrogen and oxygen atoms in total. The van der Waals surface area contributed by atoms with Crippen LogP contribution in [-0.4, -0.2) is 49.0 Å². The van der Waals surface area contributed by atoms with Gasteiger partial charge in [0.2, 0.25) is 0 Å². The number of piperazine rings is 1. The number of hydrogen-bond donors (Lipinski definition) is 1. The van der Waals surface area contributed by atoms with Gasteiger partial charge in [0.15, 0.2) is 0 Å². The van der Waals surface area contributed by atoms with Crippen LogP contribution in [0.1, 0.15) is 16.1 Å². The maximum absolute atomic E-state index is 12.9. The molecule has 4 rings (SSSR count). The Bertz CT molecular complexity index is 936. The van der Waals surface area contributed by atoms with Crippen molar-refractivity contribution in [2.75, 3.05) is 43.4 Å². The van der Waals surface area contributed by atoms with Crippen LogP contribution in [0.5, 0.6) is 0 Å². The molecule has 1 saturated heterocycles. The summed E-state index contributed by atoms with van der Waals surface area (Å²) in [6, 6.07) is 15.9. The fraction of sp³-hybridized carbons (Fsp3) is 0.273. The number of thioether (sulfide) groups is 1. The Morgan fingerprint density at radius 3 is 2.59 bits per heavy atom. The molecule has 0 atom stereocenters. The third-order valence-corrected chi connectivity index (χ3v) is 6.73. The van der Waals surface area contributed by atoms with Crippen LogP contribution in [-0.2, 0) is 5.75 Å². The predicted molar refractivity (Wildman–Crippen MR) is 122 cm³/mol. The Labute approximate surface area is 179 Å². The van der Waals surface area contributed by atoms with Gasteiger partial charge < -0.3 is 15.1 Å². The zero-order valence-corrected chi connectivity index (χ0v) is 18.0. The number of carbonyl (C=O) groups is 1. The minimum Gasteiger partial charge on any atom is -0.369 e. The van der Waals surface area contributed by atoms with Gasteiger partial charge >= 0.3 is 0 Å². The van der Waals surface area contributed by atoms with Gasteiger partial charge in [-0.1, -0.05) is 12.1 Å². The molecule has 1 aromatic heterocycles. The molecular formula is C22H24N4OS2. The Morgan fingerprint density at radius 1 is 1.10 bits per heavy atom. The molecule has 2 heterocycles. The fourth-order valence-electron chi connectivity index (χ4n) is 3.26. The van der Waals surface area contributed by atoms with Gasteiger partial charge in [0.1, 0.15) is 0 Å². The zero-order chi connectivity index (χ0) is 20.1. The van der Waals surface area contributed by atoms with E-state index >= 15 is 0 Å². The first kappa shape index (κ1) is 19.9. The van der Waals surface area contributed by atoms with E-state index in [1.807, 2.05) is 47.3 Å². The van der Waals surface area contributed by atoms with E-state index < -0.39 is 0 Å². The van der Waals surface area contributed by atoms with Crippen molar-refractivity contribution in [3.8, 4) is 0 Å². The quantitative estimate of drug-likeness (QED) is 0.593. The van der Waals surface area contributed by atoms with Gasteiger partial charge in [-0.15, -0.1) is 23.1 Å². The van der Waals surface area contributed by atoms with Crippen molar-refractivity contribution in [3.63, 3.8) is 0 Å². The lowest BCUT2D eigenvalue weighted by Gasteiger charge is -2.34. The molecule has 0 aliphatic carbocycles. The Morgan fingerprint density at radius 2 is 1.86 bits per heavy atom. The minimum atomic E-state index is -0.0845. The van der Waals surface area contributed by atoms with E-state index in [1.54, 1.807) is 23.1 Å². The summed E-state index contributed by atoms with van der Waals surface area (Å²) >= 11 is 3.23. The number of carbonyl (C=O) groups excluding carboxylic acids is 1. The van der Waals surface area contributed by atoms with Crippen molar-refractivity contribution < 1.29 is 4.79 Å². The number of likely N-dealkylation sites (N-methyl/N-ethyl adjacent to an activating group) is 1. The van der Waals surface area contributed by atoms with Crippen LogP contribution in [0.15, 0.2) is 64.3 Å². The van der Waals surface area contributed by atoms with E-state index in [-0.39, 0.29) is 5.91 Å². The fourth-order valence-corrected chi connectivity index (χ4v) is 4.88. The highest BCUT2D eigenvalue weighted by atomic mass is 32.2. The topological polar surface area (TPSA) is 48.5 Å². The molecule has 29 heavy (non-hydrogen) atoms. The summed E-state index contributed by atoms with van der Waals surface area (Å²) in [7, 11) is 2.16.